The number of nitrogens with zero attached hydrogens (tertiary/aromatic N) is 6. The molecule has 0 saturated carbocycles. The van der Waals surface area contributed by atoms with Crippen LogP contribution in [0.15, 0.2) is 124 Å². The van der Waals surface area contributed by atoms with E-state index in [0.717, 1.165) is 4.31 Å². The Morgan fingerprint density at radius 3 is 1.67 bits per heavy atom. The molecule has 2 heterocycles. The van der Waals surface area contributed by atoms with Gasteiger partial charge >= 0.3 is 0 Å². The van der Waals surface area contributed by atoms with Crippen molar-refractivity contribution >= 4 is 38.9 Å². The highest BCUT2D eigenvalue weighted by atomic mass is 32.2. The summed E-state index contributed by atoms with van der Waals surface area (Å²) in [5.41, 5.74) is 2.38. The topological polar surface area (TPSA) is 141 Å². The van der Waals surface area contributed by atoms with Gasteiger partial charge < -0.3 is 10.2 Å². The van der Waals surface area contributed by atoms with Crippen molar-refractivity contribution < 1.29 is 18.0 Å². The summed E-state index contributed by atoms with van der Waals surface area (Å²) in [4.78, 5) is 55.0. The van der Waals surface area contributed by atoms with Gasteiger partial charge in [0.2, 0.25) is 0 Å². The number of anilines is 3. The van der Waals surface area contributed by atoms with Crippen LogP contribution in [0.4, 0.5) is 17.1 Å². The molecule has 0 aliphatic carbocycles. The second-order valence-electron chi connectivity index (χ2n) is 12.2. The molecule has 0 atom stereocenters. The second-order valence-corrected chi connectivity index (χ2v) is 14.2. The van der Waals surface area contributed by atoms with Crippen LogP contribution < -0.4 is 25.6 Å². The van der Waals surface area contributed by atoms with Crippen molar-refractivity contribution in [2.45, 2.75) is 18.7 Å². The maximum Gasteiger partial charge on any atom is 0.296 e. The molecule has 6 aromatic rings. The van der Waals surface area contributed by atoms with Crippen molar-refractivity contribution in [2.75, 3.05) is 28.6 Å². The van der Waals surface area contributed by atoms with Crippen LogP contribution >= 0.6 is 0 Å². The van der Waals surface area contributed by atoms with Crippen LogP contribution in [0.5, 0.6) is 0 Å². The van der Waals surface area contributed by atoms with Gasteiger partial charge in [-0.15, -0.1) is 0 Å². The van der Waals surface area contributed by atoms with Gasteiger partial charge in [0, 0.05) is 45.0 Å². The molecular formula is C38H37N7O6S. The van der Waals surface area contributed by atoms with Crippen LogP contribution in [0.3, 0.4) is 0 Å². The fourth-order valence-corrected chi connectivity index (χ4v) is 7.39. The molecule has 0 aliphatic heterocycles. The number of sulfonamides is 1. The number of nitrogens with one attached hydrogen (secondary N) is 1. The van der Waals surface area contributed by atoms with E-state index in [2.05, 4.69) is 5.32 Å². The fourth-order valence-electron chi connectivity index (χ4n) is 6.14. The zero-order valence-electron chi connectivity index (χ0n) is 29.4. The van der Waals surface area contributed by atoms with Gasteiger partial charge in [0.1, 0.15) is 11.4 Å². The number of amides is 2. The minimum Gasteiger partial charge on any atom is -0.322 e. The molecule has 2 aromatic heterocycles. The zero-order valence-corrected chi connectivity index (χ0v) is 30.2. The Kier molecular flexibility index (Phi) is 9.34. The molecule has 0 saturated heterocycles. The van der Waals surface area contributed by atoms with Gasteiger partial charge in [0.25, 0.3) is 33.0 Å². The minimum atomic E-state index is -4.19. The van der Waals surface area contributed by atoms with Gasteiger partial charge in [-0.25, -0.2) is 17.8 Å². The highest BCUT2D eigenvalue weighted by Gasteiger charge is 2.29. The molecule has 14 heteroatoms. The van der Waals surface area contributed by atoms with E-state index >= 15 is 0 Å². The summed E-state index contributed by atoms with van der Waals surface area (Å²) in [6.07, 6.45) is 0. The summed E-state index contributed by atoms with van der Waals surface area (Å²) in [5, 5.41) is 2.75. The number of rotatable bonds is 9. The summed E-state index contributed by atoms with van der Waals surface area (Å²) >= 11 is 0. The second kappa shape index (κ2) is 13.7. The highest BCUT2D eigenvalue weighted by Crippen LogP contribution is 2.25. The van der Waals surface area contributed by atoms with Gasteiger partial charge in [0.05, 0.1) is 27.7 Å². The molecular weight excluding hydrogens is 683 g/mol. The summed E-state index contributed by atoms with van der Waals surface area (Å²) in [6, 6.07) is 29.7. The van der Waals surface area contributed by atoms with E-state index in [1.807, 2.05) is 24.3 Å². The number of para-hydroxylation sites is 2. The van der Waals surface area contributed by atoms with E-state index in [9.17, 15) is 27.6 Å². The van der Waals surface area contributed by atoms with Crippen LogP contribution in [0, 0.1) is 13.8 Å². The molecule has 6 rings (SSSR count). The number of carbonyl (C=O) groups excluding carboxylic acids is 2. The predicted octanol–water partition coefficient (Wildman–Crippen LogP) is 4.64. The number of hydrogen-bond acceptors (Lipinski definition) is 6. The molecule has 0 aliphatic rings. The molecule has 4 aromatic carbocycles. The van der Waals surface area contributed by atoms with Crippen molar-refractivity contribution in [3.63, 3.8) is 0 Å². The lowest BCUT2D eigenvalue weighted by atomic mass is 10.1. The first kappa shape index (κ1) is 35.4. The first-order valence-corrected chi connectivity index (χ1v) is 17.6. The molecule has 266 valence electrons. The first-order chi connectivity index (χ1) is 24.7. The third-order valence-electron chi connectivity index (χ3n) is 9.14. The summed E-state index contributed by atoms with van der Waals surface area (Å²) in [5.74, 6) is -0.991. The maximum atomic E-state index is 13.7. The lowest BCUT2D eigenvalue weighted by molar-refractivity contribution is 0.0989. The summed E-state index contributed by atoms with van der Waals surface area (Å²) in [7, 11) is 2.08. The standard InChI is InChI=1S/C38H37N7O6S/c1-25-33(37(48)44(41(25)4)30-16-9-7-10-17-30)40(3)36(47)28-14-13-15-29(24-28)39-35(46)27-20-22-32(23-21-27)52(50,51)43(6)34-26(2)42(5)45(38(34)49)31-18-11-8-12-19-31/h7-24H,1-6H3,(H,39,46). The molecule has 2 amide bonds. The average molecular weight is 720 g/mol. The van der Waals surface area contributed by atoms with Crippen molar-refractivity contribution in [1.29, 1.82) is 0 Å². The van der Waals surface area contributed by atoms with Crippen molar-refractivity contribution in [1.82, 2.24) is 18.7 Å². The zero-order chi connectivity index (χ0) is 37.5. The molecule has 0 spiro atoms. The lowest BCUT2D eigenvalue weighted by Crippen LogP contribution is -2.32. The number of hydrogen-bond donors (Lipinski definition) is 1. The van der Waals surface area contributed by atoms with E-state index in [0.29, 0.717) is 28.5 Å². The van der Waals surface area contributed by atoms with Gasteiger partial charge in [-0.3, -0.25) is 32.8 Å². The van der Waals surface area contributed by atoms with Crippen LogP contribution in [-0.4, -0.2) is 53.1 Å². The number of benzene rings is 4. The van der Waals surface area contributed by atoms with E-state index in [-0.39, 0.29) is 33.0 Å². The Balaban J connectivity index is 1.19. The monoisotopic (exact) mass is 719 g/mol. The molecule has 13 nitrogen and oxygen atoms in total. The largest absolute Gasteiger partial charge is 0.322 e. The molecule has 0 bridgehead atoms. The summed E-state index contributed by atoms with van der Waals surface area (Å²) < 4.78 is 34.5. The van der Waals surface area contributed by atoms with Gasteiger partial charge in [0.15, 0.2) is 0 Å². The van der Waals surface area contributed by atoms with Crippen LogP contribution in [0.25, 0.3) is 11.4 Å². The third kappa shape index (κ3) is 6.13. The van der Waals surface area contributed by atoms with Crippen molar-refractivity contribution in [3.8, 4) is 11.4 Å². The Morgan fingerprint density at radius 1 is 0.635 bits per heavy atom. The molecule has 1 N–H and O–H groups in total. The van der Waals surface area contributed by atoms with E-state index in [4.69, 9.17) is 0 Å². The Hall–Kier alpha value is -6.41. The third-order valence-corrected chi connectivity index (χ3v) is 10.9. The number of aromatic nitrogens is 4. The summed E-state index contributed by atoms with van der Waals surface area (Å²) in [6.45, 7) is 3.43. The normalized spacial score (nSPS) is 11.3. The van der Waals surface area contributed by atoms with E-state index < -0.39 is 27.4 Å². The highest BCUT2D eigenvalue weighted by molar-refractivity contribution is 7.92. The molecule has 0 radical (unpaired) electrons. The first-order valence-electron chi connectivity index (χ1n) is 16.2. The Bertz CT molecular complexity index is 2550. The molecule has 52 heavy (non-hydrogen) atoms. The van der Waals surface area contributed by atoms with E-state index in [1.165, 1.54) is 58.7 Å². The molecule has 0 fully saturated rings. The van der Waals surface area contributed by atoms with Crippen LogP contribution in [0.1, 0.15) is 32.1 Å². The van der Waals surface area contributed by atoms with Gasteiger partial charge in [-0.1, -0.05) is 42.5 Å². The Morgan fingerprint density at radius 2 is 1.13 bits per heavy atom. The lowest BCUT2D eigenvalue weighted by Gasteiger charge is -2.18. The SMILES string of the molecule is Cc1c(N(C)C(=O)c2cccc(NC(=O)c3ccc(S(=O)(=O)N(C)c4c(C)n(C)n(-c5ccccc5)c4=O)cc3)c2)c(=O)n(-c2ccccc2)n1C. The van der Waals surface area contributed by atoms with Crippen molar-refractivity contribution in [3.05, 3.63) is 152 Å². The average Bonchev–Trinajstić information content (AvgIpc) is 3.51. The van der Waals surface area contributed by atoms with Gasteiger partial charge in [-0.05, 0) is 80.6 Å². The van der Waals surface area contributed by atoms with E-state index in [1.54, 1.807) is 91.9 Å². The number of carbonyl (C=O) groups is 2. The fraction of sp³-hybridized carbons (Fsp3) is 0.158. The Labute approximate surface area is 300 Å². The quantitative estimate of drug-likeness (QED) is 0.231. The smallest absolute Gasteiger partial charge is 0.296 e. The molecule has 0 unspecified atom stereocenters. The van der Waals surface area contributed by atoms with Crippen LogP contribution in [-0.2, 0) is 24.1 Å². The maximum absolute atomic E-state index is 13.7. The van der Waals surface area contributed by atoms with Gasteiger partial charge in [-0.2, -0.15) is 0 Å². The predicted molar refractivity (Wildman–Crippen MR) is 201 cm³/mol. The van der Waals surface area contributed by atoms with Crippen LogP contribution in [0.2, 0.25) is 0 Å². The minimum absolute atomic E-state index is 0.00228. The van der Waals surface area contributed by atoms with Crippen molar-refractivity contribution in [2.24, 2.45) is 14.1 Å².